The van der Waals surface area contributed by atoms with Gasteiger partial charge in [-0.15, -0.1) is 0 Å². The quantitative estimate of drug-likeness (QED) is 0.485. The average molecular weight is 404 g/mol. The van der Waals surface area contributed by atoms with Crippen LogP contribution >= 0.6 is 0 Å². The molecule has 1 amide bonds. The molecule has 0 unspecified atom stereocenters. The lowest BCUT2D eigenvalue weighted by Gasteiger charge is -2.10. The number of fused-ring (bicyclic) bond motifs is 1. The second-order valence-electron chi connectivity index (χ2n) is 6.65. The molecule has 152 valence electrons. The van der Waals surface area contributed by atoms with Crippen LogP contribution in [0.5, 0.6) is 5.75 Å². The van der Waals surface area contributed by atoms with E-state index in [1.165, 1.54) is 4.68 Å². The number of benzene rings is 1. The van der Waals surface area contributed by atoms with E-state index in [1.54, 1.807) is 30.5 Å². The van der Waals surface area contributed by atoms with E-state index in [-0.39, 0.29) is 29.1 Å². The smallest absolute Gasteiger partial charge is 0.277 e. The van der Waals surface area contributed by atoms with Crippen molar-refractivity contribution in [1.82, 2.24) is 24.7 Å². The van der Waals surface area contributed by atoms with Crippen molar-refractivity contribution in [1.29, 1.82) is 0 Å². The molecule has 1 aromatic carbocycles. The number of ether oxygens (including phenoxy) is 1. The Hall–Kier alpha value is -4.01. The summed E-state index contributed by atoms with van der Waals surface area (Å²) in [7, 11) is 0. The molecule has 0 atom stereocenters. The number of aromatic amines is 1. The van der Waals surface area contributed by atoms with Crippen LogP contribution in [0.3, 0.4) is 0 Å². The van der Waals surface area contributed by atoms with Gasteiger partial charge in [0.1, 0.15) is 17.1 Å². The molecule has 0 spiro atoms. The van der Waals surface area contributed by atoms with E-state index in [1.807, 2.05) is 25.1 Å². The number of carbonyl (C=O) groups excluding carboxylic acids is 1. The lowest BCUT2D eigenvalue weighted by atomic mass is 10.2. The van der Waals surface area contributed by atoms with Crippen LogP contribution in [0, 0.1) is 0 Å². The van der Waals surface area contributed by atoms with Gasteiger partial charge in [-0.1, -0.05) is 25.1 Å². The molecule has 0 saturated heterocycles. The van der Waals surface area contributed by atoms with Gasteiger partial charge < -0.3 is 15.5 Å². The first-order valence-corrected chi connectivity index (χ1v) is 9.51. The Morgan fingerprint density at radius 1 is 1.20 bits per heavy atom. The SMILES string of the molecule is CCCOc1ccccc1-c1nc2c(C(N)=O)nn(Cc3ccccn3)c2c(=O)[nH]1. The average Bonchev–Trinajstić information content (AvgIpc) is 3.12. The predicted octanol–water partition coefficient (Wildman–Crippen LogP) is 2.12. The molecule has 0 radical (unpaired) electrons. The summed E-state index contributed by atoms with van der Waals surface area (Å²) in [6.45, 7) is 2.73. The third-order valence-electron chi connectivity index (χ3n) is 4.47. The largest absolute Gasteiger partial charge is 0.493 e. The number of amides is 1. The summed E-state index contributed by atoms with van der Waals surface area (Å²) in [6.07, 6.45) is 2.48. The minimum Gasteiger partial charge on any atom is -0.493 e. The highest BCUT2D eigenvalue weighted by molar-refractivity contribution is 6.02. The van der Waals surface area contributed by atoms with Crippen LogP contribution in [0.2, 0.25) is 0 Å². The van der Waals surface area contributed by atoms with Gasteiger partial charge in [-0.25, -0.2) is 4.98 Å². The van der Waals surface area contributed by atoms with Crippen LogP contribution in [0.25, 0.3) is 22.4 Å². The maximum atomic E-state index is 13.0. The van der Waals surface area contributed by atoms with Gasteiger partial charge in [0.2, 0.25) is 0 Å². The van der Waals surface area contributed by atoms with E-state index in [4.69, 9.17) is 10.5 Å². The maximum absolute atomic E-state index is 13.0. The molecule has 0 saturated carbocycles. The summed E-state index contributed by atoms with van der Waals surface area (Å²) in [5.74, 6) is 0.0989. The van der Waals surface area contributed by atoms with Crippen molar-refractivity contribution in [2.45, 2.75) is 19.9 Å². The predicted molar refractivity (Wildman–Crippen MR) is 111 cm³/mol. The van der Waals surface area contributed by atoms with Crippen LogP contribution in [0.1, 0.15) is 29.5 Å². The number of primary amides is 1. The summed E-state index contributed by atoms with van der Waals surface area (Å²) in [6, 6.07) is 12.7. The Morgan fingerprint density at radius 3 is 2.73 bits per heavy atom. The van der Waals surface area contributed by atoms with Crippen molar-refractivity contribution in [3.05, 3.63) is 70.4 Å². The Morgan fingerprint density at radius 2 is 2.00 bits per heavy atom. The molecule has 0 aliphatic carbocycles. The molecule has 0 bridgehead atoms. The molecule has 0 aliphatic heterocycles. The van der Waals surface area contributed by atoms with Crippen molar-refractivity contribution in [3.8, 4) is 17.1 Å². The van der Waals surface area contributed by atoms with Gasteiger partial charge in [0.15, 0.2) is 11.2 Å². The number of para-hydroxylation sites is 1. The van der Waals surface area contributed by atoms with Crippen LogP contribution in [-0.2, 0) is 6.54 Å². The molecule has 9 nitrogen and oxygen atoms in total. The van der Waals surface area contributed by atoms with Gasteiger partial charge in [0, 0.05) is 6.20 Å². The van der Waals surface area contributed by atoms with Gasteiger partial charge >= 0.3 is 0 Å². The zero-order valence-corrected chi connectivity index (χ0v) is 16.3. The molecule has 9 heteroatoms. The van der Waals surface area contributed by atoms with E-state index in [9.17, 15) is 9.59 Å². The van der Waals surface area contributed by atoms with E-state index in [2.05, 4.69) is 20.1 Å². The normalized spacial score (nSPS) is 11.0. The fourth-order valence-electron chi connectivity index (χ4n) is 3.14. The molecule has 3 N–H and O–H groups in total. The summed E-state index contributed by atoms with van der Waals surface area (Å²) in [5, 5.41) is 4.24. The van der Waals surface area contributed by atoms with Crippen LogP contribution < -0.4 is 16.0 Å². The van der Waals surface area contributed by atoms with E-state index in [0.29, 0.717) is 23.6 Å². The highest BCUT2D eigenvalue weighted by Crippen LogP contribution is 2.28. The molecule has 3 heterocycles. The minimum absolute atomic E-state index is 0.0692. The second-order valence-corrected chi connectivity index (χ2v) is 6.65. The zero-order valence-electron chi connectivity index (χ0n) is 16.3. The number of nitrogens with two attached hydrogens (primary N) is 1. The van der Waals surface area contributed by atoms with E-state index < -0.39 is 11.5 Å². The Kier molecular flexibility index (Phi) is 5.25. The Balaban J connectivity index is 1.88. The highest BCUT2D eigenvalue weighted by atomic mass is 16.5. The number of nitrogens with one attached hydrogen (secondary N) is 1. The topological polar surface area (TPSA) is 129 Å². The van der Waals surface area contributed by atoms with Gasteiger partial charge in [-0.2, -0.15) is 5.10 Å². The van der Waals surface area contributed by atoms with Gasteiger partial charge in [-0.3, -0.25) is 19.3 Å². The van der Waals surface area contributed by atoms with Crippen molar-refractivity contribution in [2.24, 2.45) is 5.73 Å². The number of aromatic nitrogens is 5. The van der Waals surface area contributed by atoms with Gasteiger partial charge in [-0.05, 0) is 30.7 Å². The molecule has 4 aromatic rings. The first-order chi connectivity index (χ1) is 14.6. The third-order valence-corrected chi connectivity index (χ3v) is 4.47. The molecule has 0 fully saturated rings. The number of nitrogens with zero attached hydrogens (tertiary/aromatic N) is 4. The standard InChI is InChI=1S/C21H20N6O3/c1-2-11-30-15-9-4-3-8-14(15)20-24-16-17(19(22)28)26-27(18(16)21(29)25-20)12-13-7-5-6-10-23-13/h3-10H,2,11-12H2,1H3,(H2,22,28)(H,24,25,29). The number of pyridine rings is 1. The lowest BCUT2D eigenvalue weighted by Crippen LogP contribution is -2.15. The summed E-state index contributed by atoms with van der Waals surface area (Å²) < 4.78 is 7.17. The van der Waals surface area contributed by atoms with Gasteiger partial charge in [0.05, 0.1) is 24.4 Å². The van der Waals surface area contributed by atoms with Crippen molar-refractivity contribution >= 4 is 16.9 Å². The number of hydrogen-bond acceptors (Lipinski definition) is 6. The van der Waals surface area contributed by atoms with Crippen LogP contribution in [0.4, 0.5) is 0 Å². The number of rotatable bonds is 7. The Bertz CT molecular complexity index is 1260. The number of carbonyl (C=O) groups is 1. The van der Waals surface area contributed by atoms with Crippen molar-refractivity contribution in [3.63, 3.8) is 0 Å². The van der Waals surface area contributed by atoms with Crippen molar-refractivity contribution < 1.29 is 9.53 Å². The first-order valence-electron chi connectivity index (χ1n) is 9.51. The first kappa shape index (κ1) is 19.3. The molecular weight excluding hydrogens is 384 g/mol. The highest BCUT2D eigenvalue weighted by Gasteiger charge is 2.21. The lowest BCUT2D eigenvalue weighted by molar-refractivity contribution is 0.0996. The monoisotopic (exact) mass is 404 g/mol. The third kappa shape index (κ3) is 3.64. The van der Waals surface area contributed by atoms with Gasteiger partial charge in [0.25, 0.3) is 11.5 Å². The number of hydrogen-bond donors (Lipinski definition) is 2. The number of H-pyrrole nitrogens is 1. The molecular formula is C21H20N6O3. The fraction of sp³-hybridized carbons (Fsp3) is 0.190. The molecule has 30 heavy (non-hydrogen) atoms. The molecule has 3 aromatic heterocycles. The maximum Gasteiger partial charge on any atom is 0.277 e. The summed E-state index contributed by atoms with van der Waals surface area (Å²) in [5.41, 5.74) is 6.60. The summed E-state index contributed by atoms with van der Waals surface area (Å²) >= 11 is 0. The Labute approximate surface area is 171 Å². The van der Waals surface area contributed by atoms with E-state index in [0.717, 1.165) is 6.42 Å². The van der Waals surface area contributed by atoms with E-state index >= 15 is 0 Å². The summed E-state index contributed by atoms with van der Waals surface area (Å²) in [4.78, 5) is 36.5. The zero-order chi connectivity index (χ0) is 21.1. The van der Waals surface area contributed by atoms with Crippen molar-refractivity contribution in [2.75, 3.05) is 6.61 Å². The minimum atomic E-state index is -0.765. The second kappa shape index (κ2) is 8.16. The molecule has 0 aliphatic rings. The van der Waals surface area contributed by atoms with Crippen LogP contribution in [0.15, 0.2) is 53.5 Å². The van der Waals surface area contributed by atoms with Crippen LogP contribution in [-0.4, -0.2) is 37.2 Å². The fourth-order valence-corrected chi connectivity index (χ4v) is 3.14. The molecule has 4 rings (SSSR count).